The minimum atomic E-state index is 0.591. The van der Waals surface area contributed by atoms with Crippen LogP contribution in [0.3, 0.4) is 0 Å². The molecule has 0 aromatic heterocycles. The van der Waals surface area contributed by atoms with E-state index < -0.39 is 0 Å². The zero-order chi connectivity index (χ0) is 21.2. The van der Waals surface area contributed by atoms with Gasteiger partial charge in [0, 0.05) is 0 Å². The van der Waals surface area contributed by atoms with E-state index in [-0.39, 0.29) is 0 Å². The van der Waals surface area contributed by atoms with Gasteiger partial charge in [-0.05, 0) is 48.8 Å². The Bertz CT molecular complexity index is 509. The highest BCUT2D eigenvalue weighted by Crippen LogP contribution is 2.31. The van der Waals surface area contributed by atoms with Gasteiger partial charge in [0.15, 0.2) is 0 Å². The van der Waals surface area contributed by atoms with E-state index in [0.717, 1.165) is 6.42 Å². The third-order valence-corrected chi connectivity index (χ3v) is 4.84. The molecule has 0 saturated carbocycles. The third-order valence-electron chi connectivity index (χ3n) is 4.84. The highest BCUT2D eigenvalue weighted by atomic mass is 14.2. The second-order valence-electron chi connectivity index (χ2n) is 7.81. The van der Waals surface area contributed by atoms with Crippen molar-refractivity contribution in [2.24, 2.45) is 5.92 Å². The minimum absolute atomic E-state index is 0.591. The van der Waals surface area contributed by atoms with E-state index in [1.54, 1.807) is 0 Å². The van der Waals surface area contributed by atoms with E-state index in [2.05, 4.69) is 106 Å². The molecule has 0 N–H and O–H groups in total. The molecule has 0 radical (unpaired) electrons. The third kappa shape index (κ3) is 13.5. The van der Waals surface area contributed by atoms with Crippen LogP contribution in [0.1, 0.15) is 117 Å². The number of rotatable bonds is 7. The van der Waals surface area contributed by atoms with Crippen LogP contribution in [0.4, 0.5) is 0 Å². The van der Waals surface area contributed by atoms with Crippen molar-refractivity contribution in [2.75, 3.05) is 0 Å². The van der Waals surface area contributed by atoms with Crippen LogP contribution in [-0.2, 0) is 0 Å². The van der Waals surface area contributed by atoms with Crippen LogP contribution < -0.4 is 0 Å². The summed E-state index contributed by atoms with van der Waals surface area (Å²) in [6.45, 7) is 22.2. The molecule has 1 atom stereocenters. The molecule has 156 valence electrons. The van der Waals surface area contributed by atoms with Crippen LogP contribution >= 0.6 is 0 Å². The van der Waals surface area contributed by atoms with Crippen molar-refractivity contribution in [3.63, 3.8) is 0 Å². The van der Waals surface area contributed by atoms with Crippen molar-refractivity contribution in [2.45, 2.75) is 107 Å². The zero-order valence-electron chi connectivity index (χ0n) is 20.2. The smallest absolute Gasteiger partial charge is 0.0161 e. The van der Waals surface area contributed by atoms with Gasteiger partial charge in [-0.3, -0.25) is 0 Å². The van der Waals surface area contributed by atoms with E-state index in [1.807, 2.05) is 0 Å². The van der Waals surface area contributed by atoms with Crippen molar-refractivity contribution in [3.05, 3.63) is 53.1 Å². The highest BCUT2D eigenvalue weighted by Gasteiger charge is 2.14. The van der Waals surface area contributed by atoms with Crippen molar-refractivity contribution in [3.8, 4) is 0 Å². The van der Waals surface area contributed by atoms with E-state index >= 15 is 0 Å². The lowest BCUT2D eigenvalue weighted by Crippen LogP contribution is -2.05. The van der Waals surface area contributed by atoms with Crippen molar-refractivity contribution >= 4 is 5.57 Å². The lowest BCUT2D eigenvalue weighted by atomic mass is 9.84. The quantitative estimate of drug-likeness (QED) is 0.418. The Labute approximate surface area is 172 Å². The van der Waals surface area contributed by atoms with Crippen LogP contribution in [0, 0.1) is 12.8 Å². The fourth-order valence-corrected chi connectivity index (χ4v) is 2.22. The standard InChI is InChI=1S/C19H28.2C4H10/c1-7-8-9-10-16(5)18-12-11-15(4)13-19(18)17(6)14(2)3;2*1-3-4-2/h8-14,17H,7H2,1-6H3;2*3-4H2,1-2H3/b9-8-,16-10+;;. The Morgan fingerprint density at radius 3 is 1.81 bits per heavy atom. The molecule has 1 unspecified atom stereocenters. The Balaban J connectivity index is 0. The van der Waals surface area contributed by atoms with Crippen LogP contribution in [0.2, 0.25) is 0 Å². The molecule has 0 aliphatic heterocycles. The summed E-state index contributed by atoms with van der Waals surface area (Å²) in [7, 11) is 0. The van der Waals surface area contributed by atoms with Crippen LogP contribution in [-0.4, -0.2) is 0 Å². The first-order chi connectivity index (χ1) is 12.8. The summed E-state index contributed by atoms with van der Waals surface area (Å²) >= 11 is 0. The first-order valence-electron chi connectivity index (χ1n) is 11.2. The molecule has 1 aromatic rings. The van der Waals surface area contributed by atoms with Crippen molar-refractivity contribution < 1.29 is 0 Å². The summed E-state index contributed by atoms with van der Waals surface area (Å²) in [5.41, 5.74) is 5.58. The van der Waals surface area contributed by atoms with Crippen LogP contribution in [0.5, 0.6) is 0 Å². The van der Waals surface area contributed by atoms with Crippen molar-refractivity contribution in [1.82, 2.24) is 0 Å². The Kier molecular flexibility index (Phi) is 18.7. The number of allylic oxidation sites excluding steroid dienone is 4. The normalized spacial score (nSPS) is 12.3. The largest absolute Gasteiger partial charge is 0.0848 e. The van der Waals surface area contributed by atoms with Crippen LogP contribution in [0.25, 0.3) is 5.57 Å². The molecule has 1 rings (SSSR count). The summed E-state index contributed by atoms with van der Waals surface area (Å²) in [5, 5.41) is 0. The molecule has 0 aliphatic carbocycles. The maximum Gasteiger partial charge on any atom is -0.0161 e. The number of benzene rings is 1. The van der Waals surface area contributed by atoms with Gasteiger partial charge in [-0.2, -0.15) is 0 Å². The van der Waals surface area contributed by atoms with Crippen molar-refractivity contribution in [1.29, 1.82) is 0 Å². The molecule has 0 nitrogen and oxygen atoms in total. The summed E-state index contributed by atoms with van der Waals surface area (Å²) in [5.74, 6) is 1.26. The second-order valence-corrected chi connectivity index (χ2v) is 7.81. The van der Waals surface area contributed by atoms with Gasteiger partial charge >= 0.3 is 0 Å². The molecule has 0 spiro atoms. The molecule has 0 bridgehead atoms. The van der Waals surface area contributed by atoms with E-state index in [4.69, 9.17) is 0 Å². The average molecular weight is 373 g/mol. The predicted molar refractivity (Wildman–Crippen MR) is 129 cm³/mol. The summed E-state index contributed by atoms with van der Waals surface area (Å²) in [6, 6.07) is 6.84. The molecule has 0 heteroatoms. The highest BCUT2D eigenvalue weighted by molar-refractivity contribution is 5.69. The Morgan fingerprint density at radius 2 is 1.41 bits per heavy atom. The first-order valence-corrected chi connectivity index (χ1v) is 11.2. The van der Waals surface area contributed by atoms with Crippen LogP contribution in [0.15, 0.2) is 36.4 Å². The number of hydrogen-bond acceptors (Lipinski definition) is 0. The fraction of sp³-hybridized carbons (Fsp3) is 0.630. The maximum atomic E-state index is 2.35. The van der Waals surface area contributed by atoms with Gasteiger partial charge in [0.1, 0.15) is 0 Å². The number of hydrogen-bond donors (Lipinski definition) is 0. The molecule has 0 saturated heterocycles. The fourth-order valence-electron chi connectivity index (χ4n) is 2.22. The second kappa shape index (κ2) is 18.1. The van der Waals surface area contributed by atoms with Gasteiger partial charge in [0.25, 0.3) is 0 Å². The zero-order valence-corrected chi connectivity index (χ0v) is 20.2. The van der Waals surface area contributed by atoms with E-state index in [1.165, 1.54) is 47.9 Å². The number of aryl methyl sites for hydroxylation is 1. The molecule has 27 heavy (non-hydrogen) atoms. The molecule has 1 aromatic carbocycles. The molecule has 0 aliphatic rings. The van der Waals surface area contributed by atoms with Gasteiger partial charge in [-0.1, -0.05) is 123 Å². The lowest BCUT2D eigenvalue weighted by Gasteiger charge is -2.21. The first kappa shape index (κ1) is 27.9. The minimum Gasteiger partial charge on any atom is -0.0848 e. The topological polar surface area (TPSA) is 0 Å². The van der Waals surface area contributed by atoms with Gasteiger partial charge in [-0.25, -0.2) is 0 Å². The Hall–Kier alpha value is -1.30. The molecular weight excluding hydrogens is 324 g/mol. The summed E-state index contributed by atoms with van der Waals surface area (Å²) in [4.78, 5) is 0. The van der Waals surface area contributed by atoms with E-state index in [9.17, 15) is 0 Å². The number of unbranched alkanes of at least 4 members (excludes halogenated alkanes) is 2. The molecular formula is C27H48. The average Bonchev–Trinajstić information content (AvgIpc) is 2.67. The maximum absolute atomic E-state index is 2.35. The molecule has 0 heterocycles. The predicted octanol–water partition coefficient (Wildman–Crippen LogP) is 9.74. The van der Waals surface area contributed by atoms with Gasteiger partial charge < -0.3 is 0 Å². The molecule has 0 fully saturated rings. The SMILES string of the molecule is CC/C=C\C=C(/C)c1ccc(C)cc1C(C)C(C)C.CCCC.CCCC. The Morgan fingerprint density at radius 1 is 0.889 bits per heavy atom. The monoisotopic (exact) mass is 372 g/mol. The molecule has 0 amide bonds. The van der Waals surface area contributed by atoms with Gasteiger partial charge in [0.05, 0.1) is 0 Å². The van der Waals surface area contributed by atoms with Gasteiger partial charge in [0.2, 0.25) is 0 Å². The summed E-state index contributed by atoms with van der Waals surface area (Å²) < 4.78 is 0. The summed E-state index contributed by atoms with van der Waals surface area (Å²) in [6.07, 6.45) is 13.0. The van der Waals surface area contributed by atoms with Gasteiger partial charge in [-0.15, -0.1) is 0 Å². The lowest BCUT2D eigenvalue weighted by molar-refractivity contribution is 0.534. The van der Waals surface area contributed by atoms with E-state index in [0.29, 0.717) is 11.8 Å².